The van der Waals surface area contributed by atoms with E-state index >= 15 is 0 Å². The van der Waals surface area contributed by atoms with E-state index in [1.54, 1.807) is 0 Å². The molecule has 0 spiro atoms. The van der Waals surface area contributed by atoms with Crippen molar-refractivity contribution >= 4 is 11.3 Å². The van der Waals surface area contributed by atoms with Crippen molar-refractivity contribution in [2.75, 3.05) is 0 Å². The number of hydrogen-bond donors (Lipinski definition) is 2. The molecule has 3 N–H and O–H groups in total. The van der Waals surface area contributed by atoms with Crippen LogP contribution in [-0.4, -0.2) is 4.98 Å². The van der Waals surface area contributed by atoms with E-state index in [2.05, 4.69) is 4.98 Å². The van der Waals surface area contributed by atoms with Crippen LogP contribution in [0.5, 0.6) is 0 Å². The van der Waals surface area contributed by atoms with Crippen molar-refractivity contribution < 1.29 is 0 Å². The van der Waals surface area contributed by atoms with E-state index in [1.165, 1.54) is 11.3 Å². The molecule has 1 aromatic carbocycles. The van der Waals surface area contributed by atoms with Gasteiger partial charge in [0.1, 0.15) is 0 Å². The van der Waals surface area contributed by atoms with Crippen LogP contribution in [0.2, 0.25) is 0 Å². The number of nitrogens with one attached hydrogen (secondary N) is 1. The van der Waals surface area contributed by atoms with Gasteiger partial charge in [0, 0.05) is 11.9 Å². The van der Waals surface area contributed by atoms with Crippen LogP contribution < -0.4 is 10.6 Å². The Hall–Kier alpha value is -1.39. The standard InChI is InChI=1S/C10H10N2OS/c11-5-7-2-1-3-8(4-7)9-6-14-10(13)12-9/h1-4,6H,5,11H2,(H,12,13). The zero-order valence-electron chi connectivity index (χ0n) is 7.49. The van der Waals surface area contributed by atoms with Gasteiger partial charge in [-0.25, -0.2) is 0 Å². The highest BCUT2D eigenvalue weighted by atomic mass is 32.1. The maximum absolute atomic E-state index is 11.0. The molecule has 2 rings (SSSR count). The number of H-pyrrole nitrogens is 1. The summed E-state index contributed by atoms with van der Waals surface area (Å²) >= 11 is 1.17. The Morgan fingerprint density at radius 1 is 1.43 bits per heavy atom. The normalized spacial score (nSPS) is 10.4. The maximum Gasteiger partial charge on any atom is 0.304 e. The molecule has 0 fully saturated rings. The van der Waals surface area contributed by atoms with Crippen molar-refractivity contribution in [2.45, 2.75) is 6.54 Å². The van der Waals surface area contributed by atoms with Crippen LogP contribution in [-0.2, 0) is 6.54 Å². The highest BCUT2D eigenvalue weighted by molar-refractivity contribution is 7.07. The summed E-state index contributed by atoms with van der Waals surface area (Å²) in [6.45, 7) is 0.516. The van der Waals surface area contributed by atoms with Gasteiger partial charge in [0.2, 0.25) is 0 Å². The number of rotatable bonds is 2. The highest BCUT2D eigenvalue weighted by Gasteiger charge is 2.00. The number of thiazole rings is 1. The van der Waals surface area contributed by atoms with Crippen molar-refractivity contribution in [3.05, 3.63) is 44.9 Å². The maximum atomic E-state index is 11.0. The lowest BCUT2D eigenvalue weighted by molar-refractivity contribution is 1.07. The zero-order chi connectivity index (χ0) is 9.97. The summed E-state index contributed by atoms with van der Waals surface area (Å²) in [5.41, 5.74) is 8.46. The summed E-state index contributed by atoms with van der Waals surface area (Å²) in [4.78, 5) is 13.7. The molecule has 0 aliphatic rings. The Labute approximate surface area is 85.2 Å². The van der Waals surface area contributed by atoms with E-state index in [1.807, 2.05) is 29.6 Å². The van der Waals surface area contributed by atoms with Gasteiger partial charge in [-0.2, -0.15) is 0 Å². The minimum Gasteiger partial charge on any atom is -0.326 e. The molecule has 1 heterocycles. The minimum atomic E-state index is -0.0295. The van der Waals surface area contributed by atoms with Crippen LogP contribution in [0.4, 0.5) is 0 Å². The molecule has 72 valence electrons. The van der Waals surface area contributed by atoms with Gasteiger partial charge in [0.15, 0.2) is 0 Å². The van der Waals surface area contributed by atoms with Crippen molar-refractivity contribution in [2.24, 2.45) is 5.73 Å². The number of aromatic nitrogens is 1. The molecule has 0 aliphatic heterocycles. The van der Waals surface area contributed by atoms with E-state index in [0.29, 0.717) is 6.54 Å². The first kappa shape index (κ1) is 9.18. The number of nitrogens with two attached hydrogens (primary N) is 1. The van der Waals surface area contributed by atoms with Gasteiger partial charge in [0.05, 0.1) is 5.69 Å². The first-order valence-electron chi connectivity index (χ1n) is 4.27. The van der Waals surface area contributed by atoms with Gasteiger partial charge in [-0.1, -0.05) is 29.5 Å². The molecular weight excluding hydrogens is 196 g/mol. The molecule has 0 bridgehead atoms. The van der Waals surface area contributed by atoms with Crippen LogP contribution in [0.15, 0.2) is 34.4 Å². The average molecular weight is 206 g/mol. The van der Waals surface area contributed by atoms with E-state index in [9.17, 15) is 4.79 Å². The van der Waals surface area contributed by atoms with E-state index in [-0.39, 0.29) is 4.87 Å². The van der Waals surface area contributed by atoms with Gasteiger partial charge >= 0.3 is 4.87 Å². The van der Waals surface area contributed by atoms with Crippen LogP contribution in [0, 0.1) is 0 Å². The van der Waals surface area contributed by atoms with Crippen LogP contribution in [0.1, 0.15) is 5.56 Å². The predicted molar refractivity (Wildman–Crippen MR) is 58.3 cm³/mol. The molecule has 0 saturated carbocycles. The molecule has 0 saturated heterocycles. The Morgan fingerprint density at radius 2 is 2.29 bits per heavy atom. The Morgan fingerprint density at radius 3 is 2.93 bits per heavy atom. The molecule has 1 aromatic heterocycles. The zero-order valence-corrected chi connectivity index (χ0v) is 8.30. The van der Waals surface area contributed by atoms with Crippen LogP contribution >= 0.6 is 11.3 Å². The lowest BCUT2D eigenvalue weighted by atomic mass is 10.1. The van der Waals surface area contributed by atoms with Crippen molar-refractivity contribution in [1.29, 1.82) is 0 Å². The Bertz CT molecular complexity index is 487. The number of hydrogen-bond acceptors (Lipinski definition) is 3. The summed E-state index contributed by atoms with van der Waals surface area (Å²) in [5.74, 6) is 0. The Kier molecular flexibility index (Phi) is 2.47. The Balaban J connectivity index is 2.46. The molecule has 0 amide bonds. The first-order chi connectivity index (χ1) is 6.79. The molecule has 0 aliphatic carbocycles. The van der Waals surface area contributed by atoms with E-state index in [4.69, 9.17) is 5.73 Å². The van der Waals surface area contributed by atoms with Gasteiger partial charge in [0.25, 0.3) is 0 Å². The third kappa shape index (κ3) is 1.76. The van der Waals surface area contributed by atoms with Gasteiger partial charge in [-0.15, -0.1) is 0 Å². The lowest BCUT2D eigenvalue weighted by Gasteiger charge is -2.00. The summed E-state index contributed by atoms with van der Waals surface area (Å²) in [6.07, 6.45) is 0. The quantitative estimate of drug-likeness (QED) is 0.783. The lowest BCUT2D eigenvalue weighted by Crippen LogP contribution is -1.96. The second-order valence-electron chi connectivity index (χ2n) is 2.97. The number of benzene rings is 1. The van der Waals surface area contributed by atoms with Crippen LogP contribution in [0.25, 0.3) is 11.3 Å². The van der Waals surface area contributed by atoms with Gasteiger partial charge in [-0.3, -0.25) is 4.79 Å². The third-order valence-electron chi connectivity index (χ3n) is 1.99. The van der Waals surface area contributed by atoms with Crippen LogP contribution in [0.3, 0.4) is 0 Å². The summed E-state index contributed by atoms with van der Waals surface area (Å²) < 4.78 is 0. The fourth-order valence-electron chi connectivity index (χ4n) is 1.29. The van der Waals surface area contributed by atoms with E-state index < -0.39 is 0 Å². The minimum absolute atomic E-state index is 0.0295. The summed E-state index contributed by atoms with van der Waals surface area (Å²) in [7, 11) is 0. The fraction of sp³-hybridized carbons (Fsp3) is 0.100. The molecule has 0 unspecified atom stereocenters. The average Bonchev–Trinajstić information content (AvgIpc) is 2.65. The smallest absolute Gasteiger partial charge is 0.304 e. The second kappa shape index (κ2) is 3.77. The van der Waals surface area contributed by atoms with Crippen molar-refractivity contribution in [3.8, 4) is 11.3 Å². The van der Waals surface area contributed by atoms with E-state index in [0.717, 1.165) is 16.8 Å². The second-order valence-corrected chi connectivity index (χ2v) is 3.81. The van der Waals surface area contributed by atoms with Gasteiger partial charge in [-0.05, 0) is 17.2 Å². The molecule has 14 heavy (non-hydrogen) atoms. The highest BCUT2D eigenvalue weighted by Crippen LogP contribution is 2.17. The molecule has 0 atom stereocenters. The molecular formula is C10H10N2OS. The summed E-state index contributed by atoms with van der Waals surface area (Å²) in [6, 6.07) is 7.84. The molecule has 4 heteroatoms. The third-order valence-corrected chi connectivity index (χ3v) is 2.66. The first-order valence-corrected chi connectivity index (χ1v) is 5.15. The SMILES string of the molecule is NCc1cccc(-c2csc(=O)[nH]2)c1. The predicted octanol–water partition coefficient (Wildman–Crippen LogP) is 1.56. The fourth-order valence-corrected chi connectivity index (χ4v) is 1.88. The molecule has 0 radical (unpaired) electrons. The summed E-state index contributed by atoms with van der Waals surface area (Å²) in [5, 5.41) is 1.82. The molecule has 2 aromatic rings. The topological polar surface area (TPSA) is 58.9 Å². The molecule has 3 nitrogen and oxygen atoms in total. The largest absolute Gasteiger partial charge is 0.326 e. The monoisotopic (exact) mass is 206 g/mol. The van der Waals surface area contributed by atoms with Crippen molar-refractivity contribution in [3.63, 3.8) is 0 Å². The van der Waals surface area contributed by atoms with Crippen molar-refractivity contribution in [1.82, 2.24) is 4.98 Å². The van der Waals surface area contributed by atoms with Gasteiger partial charge < -0.3 is 10.7 Å². The number of aromatic amines is 1.